The number of aliphatic hydroxyl groups is 1. The minimum Gasteiger partial charge on any atom is -0.456 e. The first kappa shape index (κ1) is 25.2. The number of imidazole rings is 1. The molecular weight excluding hydrogens is 535 g/mol. The fourth-order valence-corrected chi connectivity index (χ4v) is 5.54. The first-order valence-electron chi connectivity index (χ1n) is 11.9. The number of hydrogen-bond donors (Lipinski definition) is 2. The summed E-state index contributed by atoms with van der Waals surface area (Å²) < 4.78 is 47.5. The van der Waals surface area contributed by atoms with Crippen LogP contribution in [-0.2, 0) is 19.2 Å². The van der Waals surface area contributed by atoms with Crippen LogP contribution in [0.15, 0.2) is 52.9 Å². The Hall–Kier alpha value is -3.09. The van der Waals surface area contributed by atoms with Gasteiger partial charge in [0.05, 0.1) is 23.9 Å². The normalized spacial score (nSPS) is 23.1. The van der Waals surface area contributed by atoms with Gasteiger partial charge in [-0.3, -0.25) is 4.98 Å². The lowest BCUT2D eigenvalue weighted by molar-refractivity contribution is 0.00706. The SMILES string of the molecule is CS(C)(=O)=Nc1ccc(-c2ccc(-c3nc4[nH]c(O[C@@H]5CO[C@H]6[C@@H]5OC[C@H]6O)nc4cc3Cl)cc2)cc1F. The Labute approximate surface area is 223 Å². The summed E-state index contributed by atoms with van der Waals surface area (Å²) in [4.78, 5) is 12.2. The number of nitrogens with zero attached hydrogens (tertiary/aromatic N) is 3. The third kappa shape index (κ3) is 4.87. The fraction of sp³-hybridized carbons (Fsp3) is 0.308. The number of benzene rings is 2. The van der Waals surface area contributed by atoms with Crippen molar-refractivity contribution in [2.24, 2.45) is 4.36 Å². The maximum Gasteiger partial charge on any atom is 0.296 e. The fourth-order valence-electron chi connectivity index (χ4n) is 4.66. The minimum absolute atomic E-state index is 0.0706. The zero-order valence-electron chi connectivity index (χ0n) is 20.4. The van der Waals surface area contributed by atoms with E-state index in [2.05, 4.69) is 19.3 Å². The van der Waals surface area contributed by atoms with Crippen LogP contribution in [0.1, 0.15) is 0 Å². The monoisotopic (exact) mass is 558 g/mol. The van der Waals surface area contributed by atoms with Gasteiger partial charge in [-0.25, -0.2) is 13.6 Å². The summed E-state index contributed by atoms with van der Waals surface area (Å²) in [5.41, 5.74) is 3.87. The molecule has 0 spiro atoms. The van der Waals surface area contributed by atoms with Gasteiger partial charge in [0.25, 0.3) is 6.01 Å². The average molecular weight is 559 g/mol. The van der Waals surface area contributed by atoms with Crippen molar-refractivity contribution in [1.82, 2.24) is 15.0 Å². The highest BCUT2D eigenvalue weighted by Gasteiger charge is 2.48. The number of aliphatic hydroxyl groups excluding tert-OH is 1. The number of rotatable bonds is 5. The summed E-state index contributed by atoms with van der Waals surface area (Å²) in [6.45, 7) is 0.500. The standard InChI is InChI=1S/C26H24ClFN4O5S/c1-38(2,34)32-18-8-7-15(9-17(18)28)13-3-5-14(6-4-13)22-16(27)10-19-25(30-22)31-26(29-19)37-21-12-36-23-20(33)11-35-24(21)23/h3-10,20-21,23-24,33H,11-12H2,1-2H3,(H,29,30,31)/t20-,21-,23-,24-/m1/s1. The van der Waals surface area contributed by atoms with Gasteiger partial charge in [-0.2, -0.15) is 9.35 Å². The van der Waals surface area contributed by atoms with Crippen LogP contribution >= 0.6 is 11.6 Å². The highest BCUT2D eigenvalue weighted by atomic mass is 35.5. The van der Waals surface area contributed by atoms with Crippen LogP contribution in [0.4, 0.5) is 10.1 Å². The second-order valence-electron chi connectivity index (χ2n) is 9.56. The molecule has 4 atom stereocenters. The van der Waals surface area contributed by atoms with Crippen molar-refractivity contribution in [2.45, 2.75) is 24.4 Å². The molecule has 0 aliphatic carbocycles. The van der Waals surface area contributed by atoms with Gasteiger partial charge in [0.1, 0.15) is 35.3 Å². The lowest BCUT2D eigenvalue weighted by atomic mass is 10.0. The van der Waals surface area contributed by atoms with Gasteiger partial charge < -0.3 is 19.3 Å². The van der Waals surface area contributed by atoms with E-state index in [-0.39, 0.29) is 31.0 Å². The molecule has 38 heavy (non-hydrogen) atoms. The number of aromatic nitrogens is 3. The van der Waals surface area contributed by atoms with Gasteiger partial charge in [-0.05, 0) is 29.3 Å². The largest absolute Gasteiger partial charge is 0.456 e. The maximum atomic E-state index is 14.5. The molecule has 0 saturated carbocycles. The second-order valence-corrected chi connectivity index (χ2v) is 12.5. The molecule has 4 heterocycles. The maximum absolute atomic E-state index is 14.5. The summed E-state index contributed by atoms with van der Waals surface area (Å²) in [6.07, 6.45) is 1.10. The molecule has 12 heteroatoms. The number of hydrogen-bond acceptors (Lipinski definition) is 8. The Morgan fingerprint density at radius 3 is 2.50 bits per heavy atom. The number of ether oxygens (including phenoxy) is 3. The summed E-state index contributed by atoms with van der Waals surface area (Å²) in [5.74, 6) is -0.536. The van der Waals surface area contributed by atoms with Crippen molar-refractivity contribution in [3.05, 3.63) is 59.4 Å². The quantitative estimate of drug-likeness (QED) is 0.374. The Morgan fingerprint density at radius 1 is 1.05 bits per heavy atom. The van der Waals surface area contributed by atoms with Crippen LogP contribution in [-0.4, -0.2) is 74.4 Å². The van der Waals surface area contributed by atoms with E-state index < -0.39 is 33.9 Å². The van der Waals surface area contributed by atoms with E-state index in [0.717, 1.165) is 11.1 Å². The van der Waals surface area contributed by atoms with Crippen molar-refractivity contribution < 1.29 is 27.9 Å². The van der Waals surface area contributed by atoms with Crippen LogP contribution in [0.2, 0.25) is 5.02 Å². The number of fused-ring (bicyclic) bond motifs is 2. The summed E-state index contributed by atoms with van der Waals surface area (Å²) >= 11 is 6.55. The van der Waals surface area contributed by atoms with Crippen LogP contribution in [0.5, 0.6) is 6.01 Å². The summed E-state index contributed by atoms with van der Waals surface area (Å²) in [7, 11) is -2.46. The molecule has 0 unspecified atom stereocenters. The van der Waals surface area contributed by atoms with Crippen LogP contribution < -0.4 is 4.74 Å². The van der Waals surface area contributed by atoms with Gasteiger partial charge in [-0.15, -0.1) is 0 Å². The number of halogens is 2. The minimum atomic E-state index is -2.46. The molecular formula is C26H24ClFN4O5S. The van der Waals surface area contributed by atoms with Crippen molar-refractivity contribution in [1.29, 1.82) is 0 Å². The molecule has 2 aromatic carbocycles. The third-order valence-electron chi connectivity index (χ3n) is 6.41. The Morgan fingerprint density at radius 2 is 1.76 bits per heavy atom. The summed E-state index contributed by atoms with van der Waals surface area (Å²) in [6, 6.07) is 14.0. The molecule has 2 aliphatic heterocycles. The number of aromatic amines is 1. The molecule has 2 aromatic heterocycles. The molecule has 0 bridgehead atoms. The summed E-state index contributed by atoms with van der Waals surface area (Å²) in [5, 5.41) is 10.3. The molecule has 0 radical (unpaired) electrons. The van der Waals surface area contributed by atoms with Crippen molar-refractivity contribution >= 4 is 38.2 Å². The molecule has 9 nitrogen and oxygen atoms in total. The van der Waals surface area contributed by atoms with Crippen molar-refractivity contribution in [3.63, 3.8) is 0 Å². The lowest BCUT2D eigenvalue weighted by Gasteiger charge is -2.15. The Kier molecular flexibility index (Phi) is 6.36. The molecule has 2 N–H and O–H groups in total. The van der Waals surface area contributed by atoms with Gasteiger partial charge >= 0.3 is 0 Å². The first-order chi connectivity index (χ1) is 18.1. The Bertz CT molecular complexity index is 1650. The van der Waals surface area contributed by atoms with Crippen LogP contribution in [0.25, 0.3) is 33.5 Å². The lowest BCUT2D eigenvalue weighted by Crippen LogP contribution is -2.34. The molecule has 4 aromatic rings. The van der Waals surface area contributed by atoms with E-state index in [1.54, 1.807) is 12.1 Å². The predicted molar refractivity (Wildman–Crippen MR) is 142 cm³/mol. The topological polar surface area (TPSA) is 119 Å². The van der Waals surface area contributed by atoms with E-state index in [4.69, 9.17) is 25.8 Å². The van der Waals surface area contributed by atoms with Crippen molar-refractivity contribution in [3.8, 4) is 28.4 Å². The van der Waals surface area contributed by atoms with E-state index >= 15 is 0 Å². The van der Waals surface area contributed by atoms with E-state index in [1.807, 2.05) is 24.3 Å². The third-order valence-corrected chi connectivity index (χ3v) is 7.33. The molecule has 2 fully saturated rings. The number of H-pyrrole nitrogens is 1. The zero-order chi connectivity index (χ0) is 26.6. The van der Waals surface area contributed by atoms with E-state index in [1.165, 1.54) is 24.6 Å². The smallest absolute Gasteiger partial charge is 0.296 e. The number of nitrogens with one attached hydrogen (secondary N) is 1. The second kappa shape index (κ2) is 9.58. The van der Waals surface area contributed by atoms with E-state index in [9.17, 15) is 13.7 Å². The molecule has 6 rings (SSSR count). The highest BCUT2D eigenvalue weighted by molar-refractivity contribution is 7.92. The van der Waals surface area contributed by atoms with Crippen LogP contribution in [0, 0.1) is 5.82 Å². The van der Waals surface area contributed by atoms with E-state index in [0.29, 0.717) is 27.4 Å². The first-order valence-corrected chi connectivity index (χ1v) is 14.6. The molecule has 0 amide bonds. The Balaban J connectivity index is 1.23. The zero-order valence-corrected chi connectivity index (χ0v) is 22.0. The van der Waals surface area contributed by atoms with Gasteiger partial charge in [0, 0.05) is 27.8 Å². The van der Waals surface area contributed by atoms with Gasteiger partial charge in [0.15, 0.2) is 11.8 Å². The predicted octanol–water partition coefficient (Wildman–Crippen LogP) is 4.35. The number of pyridine rings is 1. The van der Waals surface area contributed by atoms with Gasteiger partial charge in [0.2, 0.25) is 0 Å². The average Bonchev–Trinajstić information content (AvgIpc) is 3.56. The molecule has 2 saturated heterocycles. The molecule has 198 valence electrons. The molecule has 2 aliphatic rings. The van der Waals surface area contributed by atoms with Gasteiger partial charge in [-0.1, -0.05) is 41.9 Å². The highest BCUT2D eigenvalue weighted by Crippen LogP contribution is 2.33. The van der Waals surface area contributed by atoms with Crippen LogP contribution in [0.3, 0.4) is 0 Å². The van der Waals surface area contributed by atoms with Crippen molar-refractivity contribution in [2.75, 3.05) is 25.7 Å².